The van der Waals surface area contributed by atoms with Crippen molar-refractivity contribution in [3.63, 3.8) is 0 Å². The van der Waals surface area contributed by atoms with E-state index in [1.54, 1.807) is 23.0 Å². The Kier molecular flexibility index (Phi) is 4.13. The van der Waals surface area contributed by atoms with Crippen molar-refractivity contribution in [1.29, 1.82) is 0 Å². The Morgan fingerprint density at radius 3 is 2.96 bits per heavy atom. The molecule has 0 fully saturated rings. The molecule has 0 saturated heterocycles. The van der Waals surface area contributed by atoms with Crippen LogP contribution in [0.15, 0.2) is 50.9 Å². The van der Waals surface area contributed by atoms with Crippen LogP contribution in [-0.4, -0.2) is 14.7 Å². The SMILES string of the molecule is Cn1c(SCc2cc(-c3ccccc3)on2)nc2sc3c(c2c1=O)CCC3. The summed E-state index contributed by atoms with van der Waals surface area (Å²) in [6.45, 7) is 0. The summed E-state index contributed by atoms with van der Waals surface area (Å²) >= 11 is 3.19. The van der Waals surface area contributed by atoms with Gasteiger partial charge in [-0.25, -0.2) is 4.98 Å². The van der Waals surface area contributed by atoms with Crippen LogP contribution in [0.2, 0.25) is 0 Å². The molecule has 1 aromatic carbocycles. The lowest BCUT2D eigenvalue weighted by molar-refractivity contribution is 0.426. The van der Waals surface area contributed by atoms with Crippen LogP contribution in [0.25, 0.3) is 21.5 Å². The number of rotatable bonds is 4. The van der Waals surface area contributed by atoms with E-state index in [-0.39, 0.29) is 5.56 Å². The number of hydrogen-bond donors (Lipinski definition) is 0. The van der Waals surface area contributed by atoms with Crippen molar-refractivity contribution < 1.29 is 4.52 Å². The Hall–Kier alpha value is -2.38. The Labute approximate surface area is 164 Å². The van der Waals surface area contributed by atoms with Gasteiger partial charge in [-0.2, -0.15) is 0 Å². The predicted octanol–water partition coefficient (Wildman–Crippen LogP) is 4.43. The molecule has 5 rings (SSSR count). The van der Waals surface area contributed by atoms with Crippen molar-refractivity contribution in [3.05, 3.63) is 62.9 Å². The van der Waals surface area contributed by atoms with Crippen molar-refractivity contribution >= 4 is 33.3 Å². The molecule has 3 aromatic heterocycles. The van der Waals surface area contributed by atoms with Gasteiger partial charge in [0.1, 0.15) is 4.83 Å². The number of benzene rings is 1. The van der Waals surface area contributed by atoms with Gasteiger partial charge in [0.2, 0.25) is 0 Å². The summed E-state index contributed by atoms with van der Waals surface area (Å²) in [5, 5.41) is 5.70. The van der Waals surface area contributed by atoms with Gasteiger partial charge in [-0.3, -0.25) is 9.36 Å². The molecular formula is C20H17N3O2S2. The van der Waals surface area contributed by atoms with E-state index >= 15 is 0 Å². The summed E-state index contributed by atoms with van der Waals surface area (Å²) in [6, 6.07) is 11.8. The minimum Gasteiger partial charge on any atom is -0.356 e. The molecule has 0 radical (unpaired) electrons. The maximum absolute atomic E-state index is 12.9. The molecule has 1 aliphatic rings. The van der Waals surface area contributed by atoms with E-state index in [9.17, 15) is 4.79 Å². The number of hydrogen-bond acceptors (Lipinski definition) is 6. The number of thiophene rings is 1. The van der Waals surface area contributed by atoms with E-state index in [0.29, 0.717) is 5.75 Å². The summed E-state index contributed by atoms with van der Waals surface area (Å²) in [4.78, 5) is 19.8. The Balaban J connectivity index is 1.42. The molecule has 0 amide bonds. The first kappa shape index (κ1) is 16.8. The van der Waals surface area contributed by atoms with E-state index in [1.165, 1.54) is 22.2 Å². The number of thioether (sulfide) groups is 1. The van der Waals surface area contributed by atoms with E-state index in [2.05, 4.69) is 5.16 Å². The molecule has 0 atom stereocenters. The summed E-state index contributed by atoms with van der Waals surface area (Å²) in [5.74, 6) is 1.35. The predicted molar refractivity (Wildman–Crippen MR) is 108 cm³/mol. The average molecular weight is 396 g/mol. The van der Waals surface area contributed by atoms with Crippen molar-refractivity contribution in [2.24, 2.45) is 7.05 Å². The summed E-state index contributed by atoms with van der Waals surface area (Å²) in [7, 11) is 1.80. The second-order valence-corrected chi connectivity index (χ2v) is 8.66. The van der Waals surface area contributed by atoms with E-state index < -0.39 is 0 Å². The molecule has 1 aliphatic carbocycles. The molecular weight excluding hydrogens is 378 g/mol. The normalized spacial score (nSPS) is 13.4. The van der Waals surface area contributed by atoms with Crippen LogP contribution >= 0.6 is 23.1 Å². The van der Waals surface area contributed by atoms with Gasteiger partial charge in [0.05, 0.1) is 11.1 Å². The van der Waals surface area contributed by atoms with Gasteiger partial charge in [-0.15, -0.1) is 11.3 Å². The highest BCUT2D eigenvalue weighted by molar-refractivity contribution is 7.98. The Morgan fingerprint density at radius 1 is 1.26 bits per heavy atom. The van der Waals surface area contributed by atoms with Crippen LogP contribution < -0.4 is 5.56 Å². The number of nitrogens with zero attached hydrogens (tertiary/aromatic N) is 3. The quantitative estimate of drug-likeness (QED) is 0.378. The molecule has 0 unspecified atom stereocenters. The van der Waals surface area contributed by atoms with Crippen LogP contribution in [0.1, 0.15) is 22.6 Å². The highest BCUT2D eigenvalue weighted by atomic mass is 32.2. The molecule has 5 nitrogen and oxygen atoms in total. The molecule has 0 aliphatic heterocycles. The fraction of sp³-hybridized carbons (Fsp3) is 0.250. The second kappa shape index (κ2) is 6.65. The fourth-order valence-corrected chi connectivity index (χ4v) is 5.65. The van der Waals surface area contributed by atoms with Crippen molar-refractivity contribution in [3.8, 4) is 11.3 Å². The second-order valence-electron chi connectivity index (χ2n) is 6.63. The van der Waals surface area contributed by atoms with Crippen molar-refractivity contribution in [2.45, 2.75) is 30.2 Å². The average Bonchev–Trinajstić information content (AvgIpc) is 3.40. The molecule has 0 saturated carbocycles. The van der Waals surface area contributed by atoms with Crippen molar-refractivity contribution in [1.82, 2.24) is 14.7 Å². The third-order valence-electron chi connectivity index (χ3n) is 4.87. The third kappa shape index (κ3) is 2.91. The van der Waals surface area contributed by atoms with E-state index in [1.807, 2.05) is 36.4 Å². The maximum atomic E-state index is 12.9. The molecule has 0 N–H and O–H groups in total. The highest BCUT2D eigenvalue weighted by Gasteiger charge is 2.22. The van der Waals surface area contributed by atoms with Gasteiger partial charge in [-0.05, 0) is 24.8 Å². The van der Waals surface area contributed by atoms with E-state index in [4.69, 9.17) is 9.51 Å². The van der Waals surface area contributed by atoms with Gasteiger partial charge in [0.15, 0.2) is 10.9 Å². The zero-order valence-electron chi connectivity index (χ0n) is 14.8. The Morgan fingerprint density at radius 2 is 2.11 bits per heavy atom. The van der Waals surface area contributed by atoms with Gasteiger partial charge < -0.3 is 4.52 Å². The summed E-state index contributed by atoms with van der Waals surface area (Å²) in [6.07, 6.45) is 3.22. The van der Waals surface area contributed by atoms with Gasteiger partial charge in [0, 0.05) is 29.3 Å². The minimum absolute atomic E-state index is 0.0621. The van der Waals surface area contributed by atoms with E-state index in [0.717, 1.165) is 51.7 Å². The lowest BCUT2D eigenvalue weighted by atomic mass is 10.2. The fourth-order valence-electron chi connectivity index (χ4n) is 3.49. The first-order valence-corrected chi connectivity index (χ1v) is 10.7. The molecule has 136 valence electrons. The maximum Gasteiger partial charge on any atom is 0.262 e. The number of fused-ring (bicyclic) bond motifs is 3. The lowest BCUT2D eigenvalue weighted by Crippen LogP contribution is -2.20. The van der Waals surface area contributed by atoms with Gasteiger partial charge in [-0.1, -0.05) is 47.3 Å². The minimum atomic E-state index is 0.0621. The largest absolute Gasteiger partial charge is 0.356 e. The van der Waals surface area contributed by atoms with Crippen LogP contribution in [0.4, 0.5) is 0 Å². The lowest BCUT2D eigenvalue weighted by Gasteiger charge is -2.06. The number of aromatic nitrogens is 3. The monoisotopic (exact) mass is 395 g/mol. The third-order valence-corrected chi connectivity index (χ3v) is 7.12. The number of aryl methyl sites for hydroxylation is 2. The molecule has 3 heterocycles. The Bertz CT molecular complexity index is 1190. The standard InChI is InChI=1S/C20H17N3O2S2/c1-23-19(24)17-14-8-5-9-16(14)27-18(17)21-20(23)26-11-13-10-15(25-22-13)12-6-3-2-4-7-12/h2-4,6-7,10H,5,8-9,11H2,1H3. The molecule has 27 heavy (non-hydrogen) atoms. The van der Waals surface area contributed by atoms with Crippen LogP contribution in [0.5, 0.6) is 0 Å². The first-order valence-electron chi connectivity index (χ1n) is 8.86. The first-order chi connectivity index (χ1) is 13.2. The summed E-state index contributed by atoms with van der Waals surface area (Å²) in [5.41, 5.74) is 3.12. The molecule has 4 aromatic rings. The van der Waals surface area contributed by atoms with Gasteiger partial charge in [0.25, 0.3) is 5.56 Å². The zero-order valence-corrected chi connectivity index (χ0v) is 16.4. The molecule has 0 bridgehead atoms. The zero-order chi connectivity index (χ0) is 18.4. The van der Waals surface area contributed by atoms with Crippen LogP contribution in [-0.2, 0) is 25.6 Å². The van der Waals surface area contributed by atoms with Gasteiger partial charge >= 0.3 is 0 Å². The molecule has 7 heteroatoms. The molecule has 0 spiro atoms. The highest BCUT2D eigenvalue weighted by Crippen LogP contribution is 2.35. The topological polar surface area (TPSA) is 60.9 Å². The van der Waals surface area contributed by atoms with Crippen LogP contribution in [0, 0.1) is 0 Å². The van der Waals surface area contributed by atoms with Crippen LogP contribution in [0.3, 0.4) is 0 Å². The summed E-state index contributed by atoms with van der Waals surface area (Å²) < 4.78 is 7.12. The smallest absolute Gasteiger partial charge is 0.262 e. The van der Waals surface area contributed by atoms with Crippen molar-refractivity contribution in [2.75, 3.05) is 0 Å².